The Morgan fingerprint density at radius 3 is 2.26 bits per heavy atom. The van der Waals surface area contributed by atoms with Gasteiger partial charge in [0.25, 0.3) is 0 Å². The van der Waals surface area contributed by atoms with Crippen LogP contribution in [0.25, 0.3) is 0 Å². The van der Waals surface area contributed by atoms with Crippen molar-refractivity contribution in [3.05, 3.63) is 107 Å². The van der Waals surface area contributed by atoms with Crippen LogP contribution in [0, 0.1) is 13.8 Å². The Hall–Kier alpha value is -3.05. The van der Waals surface area contributed by atoms with Crippen LogP contribution in [0.15, 0.2) is 78.9 Å². The van der Waals surface area contributed by atoms with Crippen LogP contribution in [0.2, 0.25) is 0 Å². The number of nitrogens with one attached hydrogen (secondary N) is 1. The number of nitrogens with zero attached hydrogens (tertiary/aromatic N) is 1. The van der Waals surface area contributed by atoms with Crippen LogP contribution in [0.3, 0.4) is 0 Å². The minimum atomic E-state index is -0.591. The lowest BCUT2D eigenvalue weighted by molar-refractivity contribution is -0.139. The number of benzene rings is 3. The summed E-state index contributed by atoms with van der Waals surface area (Å²) in [4.78, 5) is 28.8. The molecule has 35 heavy (non-hydrogen) atoms. The zero-order valence-electron chi connectivity index (χ0n) is 21.2. The van der Waals surface area contributed by atoms with Crippen molar-refractivity contribution in [1.29, 1.82) is 0 Å². The van der Waals surface area contributed by atoms with E-state index >= 15 is 0 Å². The minimum absolute atomic E-state index is 0.00752. The summed E-state index contributed by atoms with van der Waals surface area (Å²) in [6.45, 7) is 8.42. The maximum Gasteiger partial charge on any atom is 0.243 e. The van der Waals surface area contributed by atoms with Crippen molar-refractivity contribution in [3.8, 4) is 0 Å². The highest BCUT2D eigenvalue weighted by Crippen LogP contribution is 2.20. The summed E-state index contributed by atoms with van der Waals surface area (Å²) in [7, 11) is 0. The predicted molar refractivity (Wildman–Crippen MR) is 146 cm³/mol. The van der Waals surface area contributed by atoms with Crippen molar-refractivity contribution in [1.82, 2.24) is 10.2 Å². The van der Waals surface area contributed by atoms with E-state index in [1.165, 1.54) is 11.1 Å². The Balaban J connectivity index is 1.85. The molecular formula is C30H36N2O2S. The highest BCUT2D eigenvalue weighted by Gasteiger charge is 2.30. The molecular weight excluding hydrogens is 452 g/mol. The number of hydrogen-bond acceptors (Lipinski definition) is 3. The van der Waals surface area contributed by atoms with Gasteiger partial charge in [-0.1, -0.05) is 84.4 Å². The fraction of sp³-hybridized carbons (Fsp3) is 0.333. The molecule has 1 atom stereocenters. The van der Waals surface area contributed by atoms with E-state index in [0.29, 0.717) is 18.7 Å². The Bertz CT molecular complexity index is 1110. The summed E-state index contributed by atoms with van der Waals surface area (Å²) >= 11 is 1.59. The summed E-state index contributed by atoms with van der Waals surface area (Å²) < 4.78 is 0. The Morgan fingerprint density at radius 1 is 0.886 bits per heavy atom. The predicted octanol–water partition coefficient (Wildman–Crippen LogP) is 5.70. The monoisotopic (exact) mass is 488 g/mol. The number of rotatable bonds is 11. The second-order valence-electron chi connectivity index (χ2n) is 9.30. The lowest BCUT2D eigenvalue weighted by Crippen LogP contribution is -2.52. The number of thioether (sulfide) groups is 1. The number of amides is 2. The van der Waals surface area contributed by atoms with Crippen LogP contribution in [0.5, 0.6) is 0 Å². The van der Waals surface area contributed by atoms with Gasteiger partial charge in [-0.25, -0.2) is 0 Å². The summed E-state index contributed by atoms with van der Waals surface area (Å²) in [5.74, 6) is 0.938. The van der Waals surface area contributed by atoms with Crippen molar-refractivity contribution in [2.75, 3.05) is 5.75 Å². The van der Waals surface area contributed by atoms with Gasteiger partial charge in [-0.05, 0) is 49.9 Å². The van der Waals surface area contributed by atoms with Crippen molar-refractivity contribution in [2.24, 2.45) is 0 Å². The van der Waals surface area contributed by atoms with Crippen LogP contribution in [0.4, 0.5) is 0 Å². The van der Waals surface area contributed by atoms with E-state index in [2.05, 4.69) is 30.4 Å². The molecule has 0 aliphatic heterocycles. The van der Waals surface area contributed by atoms with E-state index in [-0.39, 0.29) is 17.9 Å². The van der Waals surface area contributed by atoms with Gasteiger partial charge in [0.05, 0.1) is 5.75 Å². The Kier molecular flexibility index (Phi) is 9.98. The van der Waals surface area contributed by atoms with Crippen LogP contribution >= 0.6 is 11.8 Å². The summed E-state index contributed by atoms with van der Waals surface area (Å²) in [5.41, 5.74) is 5.61. The SMILES string of the molecule is Cc1cccc(CSCC(=O)N(Cc2ccccc2C)[C@H](Cc2ccccc2)C(=O)NC(C)C)c1. The first-order valence-corrected chi connectivity index (χ1v) is 13.3. The van der Waals surface area contributed by atoms with Crippen molar-refractivity contribution in [3.63, 3.8) is 0 Å². The fourth-order valence-corrected chi connectivity index (χ4v) is 4.90. The summed E-state index contributed by atoms with van der Waals surface area (Å²) in [5, 5.41) is 3.05. The molecule has 0 fully saturated rings. The molecule has 3 aromatic carbocycles. The molecule has 2 amide bonds. The number of aryl methyl sites for hydroxylation is 2. The van der Waals surface area contributed by atoms with Crippen LogP contribution in [0.1, 0.15) is 41.7 Å². The van der Waals surface area contributed by atoms with Gasteiger partial charge in [0.1, 0.15) is 6.04 Å². The third kappa shape index (κ3) is 8.29. The van der Waals surface area contributed by atoms with Crippen molar-refractivity contribution >= 4 is 23.6 Å². The second-order valence-corrected chi connectivity index (χ2v) is 10.3. The molecule has 5 heteroatoms. The van der Waals surface area contributed by atoms with E-state index in [4.69, 9.17) is 0 Å². The maximum atomic E-state index is 13.7. The Morgan fingerprint density at radius 2 is 1.57 bits per heavy atom. The van der Waals surface area contributed by atoms with E-state index in [1.807, 2.05) is 81.4 Å². The first-order chi connectivity index (χ1) is 16.8. The zero-order valence-corrected chi connectivity index (χ0v) is 22.0. The van der Waals surface area contributed by atoms with Crippen LogP contribution in [-0.4, -0.2) is 34.6 Å². The fourth-order valence-electron chi connectivity index (χ4n) is 4.05. The molecule has 4 nitrogen and oxygen atoms in total. The van der Waals surface area contributed by atoms with E-state index in [1.54, 1.807) is 16.7 Å². The van der Waals surface area contributed by atoms with E-state index in [9.17, 15) is 9.59 Å². The standard InChI is InChI=1S/C30H36N2O2S/c1-22(2)31-30(34)28(18-25-13-6-5-7-14-25)32(19-27-16-9-8-12-24(27)4)29(33)21-35-20-26-15-10-11-23(3)17-26/h5-17,22,28H,18-21H2,1-4H3,(H,31,34)/t28-/m1/s1. The topological polar surface area (TPSA) is 49.4 Å². The molecule has 184 valence electrons. The number of carbonyl (C=O) groups excluding carboxylic acids is 2. The van der Waals surface area contributed by atoms with Gasteiger partial charge in [-0.2, -0.15) is 0 Å². The van der Waals surface area contributed by atoms with Gasteiger partial charge in [-0.15, -0.1) is 11.8 Å². The van der Waals surface area contributed by atoms with Crippen molar-refractivity contribution in [2.45, 2.75) is 58.5 Å². The largest absolute Gasteiger partial charge is 0.352 e. The molecule has 0 heterocycles. The number of carbonyl (C=O) groups is 2. The normalized spacial score (nSPS) is 11.8. The highest BCUT2D eigenvalue weighted by atomic mass is 32.2. The zero-order chi connectivity index (χ0) is 25.2. The van der Waals surface area contributed by atoms with E-state index < -0.39 is 6.04 Å². The third-order valence-electron chi connectivity index (χ3n) is 5.88. The minimum Gasteiger partial charge on any atom is -0.352 e. The molecule has 0 aliphatic carbocycles. The molecule has 0 bridgehead atoms. The van der Waals surface area contributed by atoms with Gasteiger partial charge in [0.2, 0.25) is 11.8 Å². The first kappa shape index (κ1) is 26.6. The average Bonchev–Trinajstić information content (AvgIpc) is 2.82. The Labute approximate surface area is 214 Å². The smallest absolute Gasteiger partial charge is 0.243 e. The molecule has 0 aromatic heterocycles. The molecule has 1 N–H and O–H groups in total. The van der Waals surface area contributed by atoms with E-state index in [0.717, 1.165) is 22.4 Å². The molecule has 0 spiro atoms. The van der Waals surface area contributed by atoms with Gasteiger partial charge in [-0.3, -0.25) is 9.59 Å². The summed E-state index contributed by atoms with van der Waals surface area (Å²) in [6, 6.07) is 25.7. The molecule has 0 unspecified atom stereocenters. The van der Waals surface area contributed by atoms with Crippen LogP contribution in [-0.2, 0) is 28.3 Å². The first-order valence-electron chi connectivity index (χ1n) is 12.1. The van der Waals surface area contributed by atoms with Gasteiger partial charge < -0.3 is 10.2 Å². The maximum absolute atomic E-state index is 13.7. The van der Waals surface area contributed by atoms with Gasteiger partial charge >= 0.3 is 0 Å². The number of hydrogen-bond donors (Lipinski definition) is 1. The summed E-state index contributed by atoms with van der Waals surface area (Å²) in [6.07, 6.45) is 0.472. The molecule has 3 rings (SSSR count). The molecule has 3 aromatic rings. The molecule has 0 aliphatic rings. The van der Waals surface area contributed by atoms with Gasteiger partial charge in [0, 0.05) is 24.8 Å². The molecule has 0 saturated carbocycles. The second kappa shape index (κ2) is 13.1. The lowest BCUT2D eigenvalue weighted by Gasteiger charge is -2.32. The average molecular weight is 489 g/mol. The van der Waals surface area contributed by atoms with Crippen molar-refractivity contribution < 1.29 is 9.59 Å². The lowest BCUT2D eigenvalue weighted by atomic mass is 10.0. The van der Waals surface area contributed by atoms with Gasteiger partial charge in [0.15, 0.2) is 0 Å². The van der Waals surface area contributed by atoms with Crippen LogP contribution < -0.4 is 5.32 Å². The third-order valence-corrected chi connectivity index (χ3v) is 6.87. The molecule has 0 saturated heterocycles. The quantitative estimate of drug-likeness (QED) is 0.377. The highest BCUT2D eigenvalue weighted by molar-refractivity contribution is 7.99. The molecule has 0 radical (unpaired) electrons.